The molecule has 0 fully saturated rings. The van der Waals surface area contributed by atoms with Gasteiger partial charge in [-0.2, -0.15) is 0 Å². The molecule has 0 spiro atoms. The zero-order chi connectivity index (χ0) is 16.7. The highest BCUT2D eigenvalue weighted by Crippen LogP contribution is 2.44. The standard InChI is InChI=1S/C19H17BrN2O2/c1-2-11-22-16-13-9-6-10-14(20)17(13)24-18(16)15(21-19(22)23)12-7-4-3-5-8-12/h3-10,15H,2,11H2,1H3,(H,21,23). The van der Waals surface area contributed by atoms with E-state index in [-0.39, 0.29) is 12.1 Å². The van der Waals surface area contributed by atoms with Gasteiger partial charge in [-0.15, -0.1) is 0 Å². The summed E-state index contributed by atoms with van der Waals surface area (Å²) < 4.78 is 7.10. The minimum absolute atomic E-state index is 0.0825. The van der Waals surface area contributed by atoms with E-state index in [4.69, 9.17) is 4.42 Å². The number of carbonyl (C=O) groups excluding carboxylic acids is 1. The lowest BCUT2D eigenvalue weighted by Gasteiger charge is -2.32. The first-order valence-electron chi connectivity index (χ1n) is 8.04. The number of benzene rings is 2. The zero-order valence-electron chi connectivity index (χ0n) is 13.3. The molecule has 122 valence electrons. The number of anilines is 1. The van der Waals surface area contributed by atoms with Gasteiger partial charge in [0.15, 0.2) is 11.3 Å². The number of furan rings is 1. The van der Waals surface area contributed by atoms with Gasteiger partial charge >= 0.3 is 6.03 Å². The Morgan fingerprint density at radius 2 is 1.96 bits per heavy atom. The molecule has 24 heavy (non-hydrogen) atoms. The van der Waals surface area contributed by atoms with Crippen molar-refractivity contribution in [2.24, 2.45) is 0 Å². The second-order valence-electron chi connectivity index (χ2n) is 5.88. The topological polar surface area (TPSA) is 45.5 Å². The summed E-state index contributed by atoms with van der Waals surface area (Å²) in [5.41, 5.74) is 2.67. The molecule has 1 unspecified atom stereocenters. The lowest BCUT2D eigenvalue weighted by atomic mass is 10.0. The number of fused-ring (bicyclic) bond motifs is 3. The van der Waals surface area contributed by atoms with Gasteiger partial charge in [-0.1, -0.05) is 43.3 Å². The van der Waals surface area contributed by atoms with Gasteiger partial charge in [-0.05, 0) is 40.0 Å². The highest BCUT2D eigenvalue weighted by Gasteiger charge is 2.36. The fraction of sp³-hybridized carbons (Fsp3) is 0.211. The molecule has 0 aliphatic carbocycles. The van der Waals surface area contributed by atoms with Gasteiger partial charge in [0.1, 0.15) is 6.04 Å². The van der Waals surface area contributed by atoms with Crippen molar-refractivity contribution in [3.05, 3.63) is 64.3 Å². The summed E-state index contributed by atoms with van der Waals surface area (Å²) in [5, 5.41) is 4.04. The van der Waals surface area contributed by atoms with Gasteiger partial charge < -0.3 is 9.73 Å². The average molecular weight is 385 g/mol. The van der Waals surface area contributed by atoms with E-state index in [9.17, 15) is 4.79 Å². The number of amides is 2. The SMILES string of the molecule is CCCN1C(=O)NC(c2ccccc2)c2oc3c(Br)cccc3c21. The average Bonchev–Trinajstić information content (AvgIpc) is 2.99. The minimum Gasteiger partial charge on any atom is -0.455 e. The first-order valence-corrected chi connectivity index (χ1v) is 8.84. The van der Waals surface area contributed by atoms with E-state index in [2.05, 4.69) is 28.2 Å². The molecule has 0 radical (unpaired) electrons. The van der Waals surface area contributed by atoms with Crippen LogP contribution in [-0.2, 0) is 0 Å². The maximum Gasteiger partial charge on any atom is 0.322 e. The number of nitrogens with one attached hydrogen (secondary N) is 1. The molecule has 3 aromatic rings. The maximum absolute atomic E-state index is 12.7. The van der Waals surface area contributed by atoms with Crippen LogP contribution < -0.4 is 10.2 Å². The van der Waals surface area contributed by atoms with Crippen molar-refractivity contribution in [2.45, 2.75) is 19.4 Å². The Morgan fingerprint density at radius 3 is 2.71 bits per heavy atom. The molecular weight excluding hydrogens is 368 g/mol. The molecule has 1 aromatic heterocycles. The highest BCUT2D eigenvalue weighted by atomic mass is 79.9. The Labute approximate surface area is 148 Å². The van der Waals surface area contributed by atoms with Crippen molar-refractivity contribution in [1.82, 2.24) is 5.32 Å². The van der Waals surface area contributed by atoms with Crippen LogP contribution in [0.2, 0.25) is 0 Å². The number of urea groups is 1. The minimum atomic E-state index is -0.277. The maximum atomic E-state index is 12.7. The van der Waals surface area contributed by atoms with Gasteiger partial charge in [0.2, 0.25) is 0 Å². The van der Waals surface area contributed by atoms with Gasteiger partial charge in [0.05, 0.1) is 10.2 Å². The molecule has 0 saturated heterocycles. The number of para-hydroxylation sites is 1. The van der Waals surface area contributed by atoms with Crippen LogP contribution in [-0.4, -0.2) is 12.6 Å². The summed E-state index contributed by atoms with van der Waals surface area (Å²) in [4.78, 5) is 14.5. The predicted molar refractivity (Wildman–Crippen MR) is 98.4 cm³/mol. The molecule has 2 aromatic carbocycles. The fourth-order valence-electron chi connectivity index (χ4n) is 3.25. The second-order valence-corrected chi connectivity index (χ2v) is 6.73. The molecule has 1 N–H and O–H groups in total. The van der Waals surface area contributed by atoms with Crippen molar-refractivity contribution in [3.8, 4) is 0 Å². The number of carbonyl (C=O) groups is 1. The Bertz CT molecular complexity index is 904. The Hall–Kier alpha value is -2.27. The molecule has 2 amide bonds. The fourth-order valence-corrected chi connectivity index (χ4v) is 3.70. The Balaban J connectivity index is 1.97. The van der Waals surface area contributed by atoms with Crippen LogP contribution >= 0.6 is 15.9 Å². The van der Waals surface area contributed by atoms with Crippen molar-refractivity contribution in [1.29, 1.82) is 0 Å². The summed E-state index contributed by atoms with van der Waals surface area (Å²) in [7, 11) is 0. The van der Waals surface area contributed by atoms with Crippen LogP contribution in [0.15, 0.2) is 57.4 Å². The summed E-state index contributed by atoms with van der Waals surface area (Å²) in [5.74, 6) is 0.788. The van der Waals surface area contributed by atoms with E-state index in [0.717, 1.165) is 38.9 Å². The molecular formula is C19H17BrN2O2. The quantitative estimate of drug-likeness (QED) is 0.672. The lowest BCUT2D eigenvalue weighted by Crippen LogP contribution is -2.46. The van der Waals surface area contributed by atoms with E-state index in [1.807, 2.05) is 48.5 Å². The highest BCUT2D eigenvalue weighted by molar-refractivity contribution is 9.10. The van der Waals surface area contributed by atoms with Crippen molar-refractivity contribution >= 4 is 38.6 Å². The van der Waals surface area contributed by atoms with Gasteiger partial charge in [-0.3, -0.25) is 4.90 Å². The van der Waals surface area contributed by atoms with E-state index in [0.29, 0.717) is 6.54 Å². The molecule has 1 atom stereocenters. The number of halogens is 1. The van der Waals surface area contributed by atoms with Crippen LogP contribution in [0.5, 0.6) is 0 Å². The van der Waals surface area contributed by atoms with Crippen LogP contribution in [0.3, 0.4) is 0 Å². The van der Waals surface area contributed by atoms with E-state index in [1.54, 1.807) is 4.90 Å². The van der Waals surface area contributed by atoms with Gasteiger partial charge in [0, 0.05) is 11.9 Å². The van der Waals surface area contributed by atoms with Crippen LogP contribution in [0.25, 0.3) is 11.0 Å². The summed E-state index contributed by atoms with van der Waals surface area (Å²) in [6.45, 7) is 2.72. The molecule has 1 aliphatic heterocycles. The third-order valence-corrected chi connectivity index (χ3v) is 4.92. The van der Waals surface area contributed by atoms with Crippen molar-refractivity contribution < 1.29 is 9.21 Å². The second kappa shape index (κ2) is 5.98. The largest absolute Gasteiger partial charge is 0.455 e. The van der Waals surface area contributed by atoms with E-state index < -0.39 is 0 Å². The zero-order valence-corrected chi connectivity index (χ0v) is 14.8. The van der Waals surface area contributed by atoms with Crippen molar-refractivity contribution in [3.63, 3.8) is 0 Å². The lowest BCUT2D eigenvalue weighted by molar-refractivity contribution is 0.240. The van der Waals surface area contributed by atoms with E-state index in [1.165, 1.54) is 0 Å². The molecule has 5 heteroatoms. The number of rotatable bonds is 3. The molecule has 2 heterocycles. The Kier molecular flexibility index (Phi) is 3.81. The summed E-state index contributed by atoms with van der Waals surface area (Å²) in [6.07, 6.45) is 0.879. The smallest absolute Gasteiger partial charge is 0.322 e. The molecule has 0 saturated carbocycles. The van der Waals surface area contributed by atoms with E-state index >= 15 is 0 Å². The first kappa shape index (κ1) is 15.3. The normalized spacial score (nSPS) is 17.0. The van der Waals surface area contributed by atoms with Gasteiger partial charge in [0.25, 0.3) is 0 Å². The number of hydrogen-bond acceptors (Lipinski definition) is 2. The molecule has 4 nitrogen and oxygen atoms in total. The van der Waals surface area contributed by atoms with Crippen LogP contribution in [0.4, 0.5) is 10.5 Å². The Morgan fingerprint density at radius 1 is 1.17 bits per heavy atom. The molecule has 0 bridgehead atoms. The number of nitrogens with zero attached hydrogens (tertiary/aromatic N) is 1. The number of hydrogen-bond donors (Lipinski definition) is 1. The summed E-state index contributed by atoms with van der Waals surface area (Å²) in [6, 6.07) is 15.5. The van der Waals surface area contributed by atoms with Gasteiger partial charge in [-0.25, -0.2) is 4.79 Å². The summed E-state index contributed by atoms with van der Waals surface area (Å²) >= 11 is 3.56. The third kappa shape index (κ3) is 2.31. The van der Waals surface area contributed by atoms with Crippen LogP contribution in [0, 0.1) is 0 Å². The third-order valence-electron chi connectivity index (χ3n) is 4.29. The monoisotopic (exact) mass is 384 g/mol. The first-order chi connectivity index (χ1) is 11.7. The van der Waals surface area contributed by atoms with Crippen LogP contribution in [0.1, 0.15) is 30.7 Å². The predicted octanol–water partition coefficient (Wildman–Crippen LogP) is 5.22. The molecule has 4 rings (SSSR count). The van der Waals surface area contributed by atoms with Crippen molar-refractivity contribution in [2.75, 3.05) is 11.4 Å². The molecule has 1 aliphatic rings.